The van der Waals surface area contributed by atoms with Crippen LogP contribution in [0.15, 0.2) is 45.3 Å². The molecule has 0 bridgehead atoms. The van der Waals surface area contributed by atoms with Crippen LogP contribution in [0.2, 0.25) is 10.0 Å². The summed E-state index contributed by atoms with van der Waals surface area (Å²) < 4.78 is 7.93. The third-order valence-corrected chi connectivity index (χ3v) is 6.76. The highest BCUT2D eigenvalue weighted by Crippen LogP contribution is 2.33. The standard InChI is InChI=1S/C20H22Br2Cl2O/c1-19(2,13-5-7-17(23)15(21)9-13)11-25-12-20(3,4)14-6-8-18(24)16(22)10-14/h5-10H,11-12H2,1-4H3. The summed E-state index contributed by atoms with van der Waals surface area (Å²) in [6.45, 7) is 9.95. The van der Waals surface area contributed by atoms with E-state index in [1.165, 1.54) is 11.1 Å². The van der Waals surface area contributed by atoms with Gasteiger partial charge in [0.2, 0.25) is 0 Å². The summed E-state index contributed by atoms with van der Waals surface area (Å²) in [5.41, 5.74) is 2.17. The molecule has 0 fully saturated rings. The van der Waals surface area contributed by atoms with Gasteiger partial charge in [-0.2, -0.15) is 0 Å². The zero-order valence-corrected chi connectivity index (χ0v) is 19.5. The SMILES string of the molecule is CC(C)(COCC(C)(C)c1ccc(Cl)c(Br)c1)c1ccc(Cl)c(Br)c1. The van der Waals surface area contributed by atoms with Crippen LogP contribution in [0.25, 0.3) is 0 Å². The van der Waals surface area contributed by atoms with Gasteiger partial charge in [0.25, 0.3) is 0 Å². The van der Waals surface area contributed by atoms with Crippen LogP contribution < -0.4 is 0 Å². The van der Waals surface area contributed by atoms with E-state index in [1.807, 2.05) is 12.1 Å². The molecule has 0 spiro atoms. The van der Waals surface area contributed by atoms with E-state index in [1.54, 1.807) is 0 Å². The molecule has 0 aromatic heterocycles. The van der Waals surface area contributed by atoms with Crippen molar-refractivity contribution < 1.29 is 4.74 Å². The lowest BCUT2D eigenvalue weighted by Crippen LogP contribution is -2.30. The lowest BCUT2D eigenvalue weighted by Gasteiger charge is -2.30. The van der Waals surface area contributed by atoms with Crippen molar-refractivity contribution in [3.8, 4) is 0 Å². The van der Waals surface area contributed by atoms with Crippen molar-refractivity contribution in [2.24, 2.45) is 0 Å². The van der Waals surface area contributed by atoms with Gasteiger partial charge >= 0.3 is 0 Å². The van der Waals surface area contributed by atoms with E-state index >= 15 is 0 Å². The zero-order chi connectivity index (χ0) is 18.8. The van der Waals surface area contributed by atoms with Crippen molar-refractivity contribution in [3.63, 3.8) is 0 Å². The third kappa shape index (κ3) is 5.46. The molecule has 0 aliphatic rings. The van der Waals surface area contributed by atoms with Gasteiger partial charge in [-0.3, -0.25) is 0 Å². The molecule has 136 valence electrons. The second-order valence-corrected chi connectivity index (χ2v) is 10.0. The topological polar surface area (TPSA) is 9.23 Å². The Morgan fingerprint density at radius 1 is 0.760 bits per heavy atom. The Balaban J connectivity index is 2.04. The van der Waals surface area contributed by atoms with Crippen LogP contribution in [0, 0.1) is 0 Å². The van der Waals surface area contributed by atoms with Crippen LogP contribution in [0.1, 0.15) is 38.8 Å². The van der Waals surface area contributed by atoms with Gasteiger partial charge in [-0.05, 0) is 67.3 Å². The highest BCUT2D eigenvalue weighted by atomic mass is 79.9. The maximum atomic E-state index is 6.12. The number of hydrogen-bond acceptors (Lipinski definition) is 1. The number of rotatable bonds is 6. The summed E-state index contributed by atoms with van der Waals surface area (Å²) in [5, 5.41) is 1.44. The van der Waals surface area contributed by atoms with E-state index in [9.17, 15) is 0 Å². The van der Waals surface area contributed by atoms with Crippen molar-refractivity contribution in [1.82, 2.24) is 0 Å². The van der Waals surface area contributed by atoms with Gasteiger partial charge in [-0.1, -0.05) is 63.0 Å². The summed E-state index contributed by atoms with van der Waals surface area (Å²) in [6, 6.07) is 12.1. The van der Waals surface area contributed by atoms with Crippen LogP contribution in [-0.4, -0.2) is 13.2 Å². The lowest BCUT2D eigenvalue weighted by molar-refractivity contribution is 0.0633. The summed E-state index contributed by atoms with van der Waals surface area (Å²) >= 11 is 19.2. The molecule has 0 unspecified atom stereocenters. The molecule has 0 radical (unpaired) electrons. The Hall–Kier alpha value is -0.0600. The minimum Gasteiger partial charge on any atom is -0.380 e. The van der Waals surface area contributed by atoms with Crippen LogP contribution in [-0.2, 0) is 15.6 Å². The first-order valence-electron chi connectivity index (χ1n) is 8.02. The fraction of sp³-hybridized carbons (Fsp3) is 0.400. The van der Waals surface area contributed by atoms with Crippen molar-refractivity contribution in [2.75, 3.05) is 13.2 Å². The van der Waals surface area contributed by atoms with Gasteiger partial charge in [0.05, 0.1) is 23.3 Å². The number of halogens is 4. The Morgan fingerprint density at radius 2 is 1.12 bits per heavy atom. The van der Waals surface area contributed by atoms with E-state index in [4.69, 9.17) is 27.9 Å². The molecular formula is C20H22Br2Cl2O. The molecule has 0 N–H and O–H groups in total. The average molecular weight is 509 g/mol. The molecule has 0 aliphatic carbocycles. The molecule has 0 aliphatic heterocycles. The zero-order valence-electron chi connectivity index (χ0n) is 14.8. The Kier molecular flexibility index (Phi) is 7.06. The maximum Gasteiger partial charge on any atom is 0.0558 e. The molecule has 2 rings (SSSR count). The average Bonchev–Trinajstić information content (AvgIpc) is 2.52. The van der Waals surface area contributed by atoms with E-state index in [2.05, 4.69) is 83.8 Å². The minimum atomic E-state index is -0.107. The molecular weight excluding hydrogens is 487 g/mol. The van der Waals surface area contributed by atoms with Gasteiger partial charge in [0.15, 0.2) is 0 Å². The highest BCUT2D eigenvalue weighted by molar-refractivity contribution is 9.10. The first kappa shape index (κ1) is 21.2. The largest absolute Gasteiger partial charge is 0.380 e. The Labute approximate surface area is 177 Å². The van der Waals surface area contributed by atoms with Crippen molar-refractivity contribution in [2.45, 2.75) is 38.5 Å². The van der Waals surface area contributed by atoms with Gasteiger partial charge in [-0.15, -0.1) is 0 Å². The predicted octanol–water partition coefficient (Wildman–Crippen LogP) is 7.79. The second-order valence-electron chi connectivity index (χ2n) is 7.52. The molecule has 2 aromatic carbocycles. The molecule has 2 aromatic rings. The Bertz CT molecular complexity index is 694. The van der Waals surface area contributed by atoms with Crippen molar-refractivity contribution >= 4 is 55.1 Å². The van der Waals surface area contributed by atoms with Crippen molar-refractivity contribution in [3.05, 3.63) is 66.5 Å². The number of hydrogen-bond donors (Lipinski definition) is 0. The van der Waals surface area contributed by atoms with E-state index in [0.717, 1.165) is 19.0 Å². The molecule has 0 heterocycles. The molecule has 25 heavy (non-hydrogen) atoms. The van der Waals surface area contributed by atoms with E-state index in [-0.39, 0.29) is 10.8 Å². The third-order valence-electron chi connectivity index (χ3n) is 4.33. The summed E-state index contributed by atoms with van der Waals surface area (Å²) in [4.78, 5) is 0. The number of ether oxygens (including phenoxy) is 1. The molecule has 0 amide bonds. The van der Waals surface area contributed by atoms with Crippen LogP contribution in [0.5, 0.6) is 0 Å². The number of benzene rings is 2. The molecule has 5 heteroatoms. The van der Waals surface area contributed by atoms with Crippen LogP contribution in [0.4, 0.5) is 0 Å². The van der Waals surface area contributed by atoms with Gasteiger partial charge in [-0.25, -0.2) is 0 Å². The molecule has 1 nitrogen and oxygen atoms in total. The Morgan fingerprint density at radius 3 is 1.44 bits per heavy atom. The normalized spacial score (nSPS) is 12.5. The quantitative estimate of drug-likeness (QED) is 0.387. The summed E-state index contributed by atoms with van der Waals surface area (Å²) in [7, 11) is 0. The van der Waals surface area contributed by atoms with Crippen LogP contribution in [0.3, 0.4) is 0 Å². The smallest absolute Gasteiger partial charge is 0.0558 e. The van der Waals surface area contributed by atoms with Crippen molar-refractivity contribution in [1.29, 1.82) is 0 Å². The lowest BCUT2D eigenvalue weighted by atomic mass is 9.84. The highest BCUT2D eigenvalue weighted by Gasteiger charge is 2.26. The van der Waals surface area contributed by atoms with Gasteiger partial charge < -0.3 is 4.74 Å². The van der Waals surface area contributed by atoms with E-state index in [0.29, 0.717) is 13.2 Å². The fourth-order valence-electron chi connectivity index (χ4n) is 2.56. The first-order valence-corrected chi connectivity index (χ1v) is 10.4. The summed E-state index contributed by atoms with van der Waals surface area (Å²) in [5.74, 6) is 0. The van der Waals surface area contributed by atoms with E-state index < -0.39 is 0 Å². The summed E-state index contributed by atoms with van der Waals surface area (Å²) in [6.07, 6.45) is 0. The molecule has 0 atom stereocenters. The van der Waals surface area contributed by atoms with Gasteiger partial charge in [0.1, 0.15) is 0 Å². The molecule has 0 saturated carbocycles. The maximum absolute atomic E-state index is 6.12. The second kappa shape index (κ2) is 8.31. The minimum absolute atomic E-state index is 0.107. The predicted molar refractivity (Wildman–Crippen MR) is 115 cm³/mol. The fourth-order valence-corrected chi connectivity index (χ4v) is 3.55. The van der Waals surface area contributed by atoms with Gasteiger partial charge in [0, 0.05) is 19.8 Å². The first-order chi connectivity index (χ1) is 11.5. The monoisotopic (exact) mass is 506 g/mol. The molecule has 0 saturated heterocycles. The van der Waals surface area contributed by atoms with Crippen LogP contribution >= 0.6 is 55.1 Å².